The van der Waals surface area contributed by atoms with Gasteiger partial charge in [0.25, 0.3) is 5.56 Å². The van der Waals surface area contributed by atoms with Crippen LogP contribution in [-0.4, -0.2) is 32.3 Å². The Kier molecular flexibility index (Phi) is 5.65. The first-order valence-corrected chi connectivity index (χ1v) is 11.6. The molecule has 0 spiro atoms. The zero-order chi connectivity index (χ0) is 24.1. The topological polar surface area (TPSA) is 74.3 Å². The Hall–Kier alpha value is -3.23. The molecule has 4 aromatic rings. The first-order valence-electron chi connectivity index (χ1n) is 10.8. The van der Waals surface area contributed by atoms with Crippen LogP contribution in [0.25, 0.3) is 11.2 Å². The first kappa shape index (κ1) is 22.6. The van der Waals surface area contributed by atoms with Crippen molar-refractivity contribution in [3.05, 3.63) is 78.9 Å². The van der Waals surface area contributed by atoms with Crippen LogP contribution < -0.4 is 20.9 Å². The van der Waals surface area contributed by atoms with Gasteiger partial charge in [-0.05, 0) is 47.9 Å². The van der Waals surface area contributed by atoms with Crippen LogP contribution in [0.4, 0.5) is 11.6 Å². The Bertz CT molecular complexity index is 1520. The molecule has 0 bridgehead atoms. The highest BCUT2D eigenvalue weighted by atomic mass is 35.5. The minimum Gasteiger partial charge on any atom is -0.497 e. The van der Waals surface area contributed by atoms with Crippen LogP contribution in [0.15, 0.2) is 52.1 Å². The summed E-state index contributed by atoms with van der Waals surface area (Å²) in [5, 5.41) is 0.786. The van der Waals surface area contributed by atoms with Crippen molar-refractivity contribution in [1.29, 1.82) is 0 Å². The Balaban J connectivity index is 1.68. The number of halogens is 2. The number of imidazole rings is 1. The molecule has 2 aromatic carbocycles. The lowest BCUT2D eigenvalue weighted by atomic mass is 10.1. The minimum atomic E-state index is -0.442. The van der Waals surface area contributed by atoms with E-state index in [9.17, 15) is 9.59 Å². The molecular formula is C24H23Cl2N5O3. The Morgan fingerprint density at radius 3 is 2.47 bits per heavy atom. The largest absolute Gasteiger partial charge is 0.497 e. The minimum absolute atomic E-state index is 0.0800. The maximum atomic E-state index is 13.6. The fourth-order valence-corrected chi connectivity index (χ4v) is 4.77. The van der Waals surface area contributed by atoms with Gasteiger partial charge < -0.3 is 14.2 Å². The van der Waals surface area contributed by atoms with Crippen molar-refractivity contribution >= 4 is 46.0 Å². The van der Waals surface area contributed by atoms with Crippen molar-refractivity contribution in [2.45, 2.75) is 20.0 Å². The van der Waals surface area contributed by atoms with Gasteiger partial charge in [0.05, 0.1) is 23.7 Å². The number of hydrogen-bond donors (Lipinski definition) is 0. The Morgan fingerprint density at radius 1 is 1.06 bits per heavy atom. The Morgan fingerprint density at radius 2 is 1.79 bits per heavy atom. The number of anilines is 2. The third-order valence-corrected chi connectivity index (χ3v) is 6.89. The highest BCUT2D eigenvalue weighted by Crippen LogP contribution is 2.33. The highest BCUT2D eigenvalue weighted by molar-refractivity contribution is 6.42. The van der Waals surface area contributed by atoms with E-state index in [4.69, 9.17) is 32.9 Å². The average molecular weight is 500 g/mol. The van der Waals surface area contributed by atoms with Gasteiger partial charge in [-0.3, -0.25) is 13.9 Å². The molecule has 0 aliphatic carbocycles. The van der Waals surface area contributed by atoms with E-state index in [1.165, 1.54) is 9.13 Å². The van der Waals surface area contributed by atoms with E-state index in [1.807, 2.05) is 28.8 Å². The number of aromatic nitrogens is 4. The van der Waals surface area contributed by atoms with E-state index in [1.54, 1.807) is 32.4 Å². The molecule has 2 aromatic heterocycles. The molecule has 0 fully saturated rings. The molecule has 34 heavy (non-hydrogen) atoms. The fraction of sp³-hybridized carbons (Fsp3) is 0.292. The molecule has 0 saturated heterocycles. The lowest BCUT2D eigenvalue weighted by Crippen LogP contribution is -2.40. The number of methoxy groups -OCH3 is 1. The lowest BCUT2D eigenvalue weighted by Gasteiger charge is -2.33. The van der Waals surface area contributed by atoms with Crippen LogP contribution in [0, 0.1) is 5.92 Å². The predicted octanol–water partition coefficient (Wildman–Crippen LogP) is 4.05. The summed E-state index contributed by atoms with van der Waals surface area (Å²) in [6.07, 6.45) is 0. The van der Waals surface area contributed by atoms with E-state index in [2.05, 4.69) is 11.8 Å². The van der Waals surface area contributed by atoms with E-state index >= 15 is 0 Å². The van der Waals surface area contributed by atoms with Gasteiger partial charge in [0.15, 0.2) is 11.2 Å². The van der Waals surface area contributed by atoms with Crippen LogP contribution in [0.5, 0.6) is 5.75 Å². The number of nitrogens with zero attached hydrogens (tertiary/aromatic N) is 5. The zero-order valence-corrected chi connectivity index (χ0v) is 20.5. The summed E-state index contributed by atoms with van der Waals surface area (Å²) in [7, 11) is 3.26. The van der Waals surface area contributed by atoms with Crippen molar-refractivity contribution in [2.24, 2.45) is 13.0 Å². The summed E-state index contributed by atoms with van der Waals surface area (Å²) in [4.78, 5) is 33.6. The van der Waals surface area contributed by atoms with Gasteiger partial charge in [-0.15, -0.1) is 0 Å². The first-order chi connectivity index (χ1) is 16.3. The van der Waals surface area contributed by atoms with E-state index in [-0.39, 0.29) is 18.0 Å². The van der Waals surface area contributed by atoms with Gasteiger partial charge in [0, 0.05) is 25.8 Å². The fourth-order valence-electron chi connectivity index (χ4n) is 4.44. The number of rotatable bonds is 4. The molecule has 8 nitrogen and oxygen atoms in total. The molecule has 10 heteroatoms. The van der Waals surface area contributed by atoms with E-state index < -0.39 is 5.69 Å². The van der Waals surface area contributed by atoms with Crippen molar-refractivity contribution in [2.75, 3.05) is 18.6 Å². The quantitative estimate of drug-likeness (QED) is 0.423. The summed E-state index contributed by atoms with van der Waals surface area (Å²) in [5.41, 5.74) is 1.59. The summed E-state index contributed by atoms with van der Waals surface area (Å²) >= 11 is 12.2. The molecule has 0 N–H and O–H groups in total. The maximum absolute atomic E-state index is 13.6. The van der Waals surface area contributed by atoms with E-state index in [0.717, 1.165) is 18.0 Å². The third kappa shape index (κ3) is 3.67. The molecule has 0 amide bonds. The van der Waals surface area contributed by atoms with Gasteiger partial charge >= 0.3 is 5.69 Å². The molecule has 1 aliphatic rings. The molecule has 0 unspecified atom stereocenters. The second-order valence-corrected chi connectivity index (χ2v) is 9.40. The second-order valence-electron chi connectivity index (χ2n) is 8.59. The highest BCUT2D eigenvalue weighted by Gasteiger charge is 2.30. The number of fused-ring (bicyclic) bond motifs is 3. The van der Waals surface area contributed by atoms with Gasteiger partial charge in [-0.25, -0.2) is 4.79 Å². The van der Waals surface area contributed by atoms with Crippen LogP contribution in [0.2, 0.25) is 10.0 Å². The molecule has 5 rings (SSSR count). The molecule has 0 radical (unpaired) electrons. The molecule has 1 aliphatic heterocycles. The van der Waals surface area contributed by atoms with Gasteiger partial charge in [-0.1, -0.05) is 36.2 Å². The average Bonchev–Trinajstić information content (AvgIpc) is 3.22. The van der Waals surface area contributed by atoms with Crippen LogP contribution >= 0.6 is 23.2 Å². The summed E-state index contributed by atoms with van der Waals surface area (Å²) in [5.74, 6) is 1.65. The SMILES string of the molecule is COc1ccc(N2C[C@H](C)Cn3c2nc2c3c(=O)n(Cc3ccc(Cl)c(Cl)c3)c(=O)n2C)cc1. The summed E-state index contributed by atoms with van der Waals surface area (Å²) in [6.45, 7) is 3.57. The van der Waals surface area contributed by atoms with Crippen molar-refractivity contribution in [3.8, 4) is 5.75 Å². The summed E-state index contributed by atoms with van der Waals surface area (Å²) < 4.78 is 9.84. The summed E-state index contributed by atoms with van der Waals surface area (Å²) in [6, 6.07) is 12.8. The number of ether oxygens (including phenoxy) is 1. The molecule has 176 valence electrons. The monoisotopic (exact) mass is 499 g/mol. The number of aryl methyl sites for hydroxylation is 1. The predicted molar refractivity (Wildman–Crippen MR) is 134 cm³/mol. The van der Waals surface area contributed by atoms with E-state index in [0.29, 0.717) is 39.3 Å². The Labute approximate surface area is 205 Å². The lowest BCUT2D eigenvalue weighted by molar-refractivity contribution is 0.414. The van der Waals surface area contributed by atoms with Crippen molar-refractivity contribution in [1.82, 2.24) is 18.7 Å². The molecule has 0 saturated carbocycles. The third-order valence-electron chi connectivity index (χ3n) is 6.15. The van der Waals surface area contributed by atoms with Gasteiger partial charge in [0.1, 0.15) is 5.75 Å². The van der Waals surface area contributed by atoms with Crippen LogP contribution in [-0.2, 0) is 20.1 Å². The van der Waals surface area contributed by atoms with Crippen molar-refractivity contribution in [3.63, 3.8) is 0 Å². The van der Waals surface area contributed by atoms with Crippen molar-refractivity contribution < 1.29 is 4.74 Å². The maximum Gasteiger partial charge on any atom is 0.332 e. The van der Waals surface area contributed by atoms with Gasteiger partial charge in [-0.2, -0.15) is 4.98 Å². The van der Waals surface area contributed by atoms with Crippen LogP contribution in [0.3, 0.4) is 0 Å². The number of benzene rings is 2. The molecular weight excluding hydrogens is 477 g/mol. The number of hydrogen-bond acceptors (Lipinski definition) is 5. The normalized spacial score (nSPS) is 15.6. The van der Waals surface area contributed by atoms with Crippen LogP contribution in [0.1, 0.15) is 12.5 Å². The van der Waals surface area contributed by atoms with Gasteiger partial charge in [0.2, 0.25) is 5.95 Å². The zero-order valence-electron chi connectivity index (χ0n) is 19.0. The second kappa shape index (κ2) is 8.52. The smallest absolute Gasteiger partial charge is 0.332 e. The molecule has 3 heterocycles. The molecule has 1 atom stereocenters. The standard InChI is InChI=1S/C24H23Cl2N5O3/c1-14-11-29(16-5-7-17(34-3)8-6-16)23-27-21-20(30(23)12-14)22(32)31(24(33)28(21)2)13-15-4-9-18(25)19(26)10-15/h4-10,14H,11-13H2,1-3H3/t14-/m0/s1.